The number of fused-ring (bicyclic) bond motifs is 1. The molecule has 29 heavy (non-hydrogen) atoms. The van der Waals surface area contributed by atoms with Gasteiger partial charge in [0.25, 0.3) is 0 Å². The van der Waals surface area contributed by atoms with Crippen molar-refractivity contribution in [3.05, 3.63) is 89.3 Å². The average Bonchev–Trinajstić information content (AvgIpc) is 3.36. The Balaban J connectivity index is 1.40. The van der Waals surface area contributed by atoms with Crippen LogP contribution in [0.2, 0.25) is 0 Å². The number of aromatic amines is 1. The summed E-state index contributed by atoms with van der Waals surface area (Å²) in [5.74, 6) is 0.968. The van der Waals surface area contributed by atoms with Crippen LogP contribution in [-0.2, 0) is 6.42 Å². The van der Waals surface area contributed by atoms with Gasteiger partial charge in [0.1, 0.15) is 5.82 Å². The van der Waals surface area contributed by atoms with Crippen LogP contribution in [-0.4, -0.2) is 19.9 Å². The Morgan fingerprint density at radius 1 is 1.03 bits per heavy atom. The Labute approximate surface area is 172 Å². The standard InChI is InChI=1S/C23H19N5S/c1-15-10-19-20(26-22(25-19)11-16-6-3-2-4-7-16)12-18(15)27-23-28-21(14-29-23)17-8-5-9-24-13-17/h2-10,12-14H,11H2,1H3,(H,25,26)(H,27,28). The van der Waals surface area contributed by atoms with Gasteiger partial charge in [-0.05, 0) is 42.3 Å². The van der Waals surface area contributed by atoms with Gasteiger partial charge in [-0.3, -0.25) is 4.98 Å². The molecule has 0 radical (unpaired) electrons. The van der Waals surface area contributed by atoms with Crippen LogP contribution in [0.4, 0.5) is 10.8 Å². The molecule has 142 valence electrons. The highest BCUT2D eigenvalue weighted by atomic mass is 32.1. The van der Waals surface area contributed by atoms with Gasteiger partial charge < -0.3 is 10.3 Å². The molecule has 0 aliphatic rings. The van der Waals surface area contributed by atoms with E-state index in [0.29, 0.717) is 0 Å². The maximum atomic E-state index is 4.78. The Bertz CT molecular complexity index is 1260. The Kier molecular flexibility index (Phi) is 4.54. The van der Waals surface area contributed by atoms with Crippen LogP contribution >= 0.6 is 11.3 Å². The SMILES string of the molecule is Cc1cc2[nH]c(Cc3ccccc3)nc2cc1Nc1nc(-c2cccnc2)cs1. The zero-order valence-corrected chi connectivity index (χ0v) is 16.7. The van der Waals surface area contributed by atoms with Crippen molar-refractivity contribution in [3.8, 4) is 11.3 Å². The quantitative estimate of drug-likeness (QED) is 0.398. The van der Waals surface area contributed by atoms with Gasteiger partial charge in [0.15, 0.2) is 5.13 Å². The van der Waals surface area contributed by atoms with E-state index in [9.17, 15) is 0 Å². The highest BCUT2D eigenvalue weighted by Crippen LogP contribution is 2.30. The van der Waals surface area contributed by atoms with Crippen LogP contribution in [0.25, 0.3) is 22.3 Å². The number of pyridine rings is 1. The summed E-state index contributed by atoms with van der Waals surface area (Å²) in [5, 5.41) is 6.34. The van der Waals surface area contributed by atoms with Crippen molar-refractivity contribution in [1.82, 2.24) is 19.9 Å². The second-order valence-electron chi connectivity index (χ2n) is 6.93. The first-order valence-corrected chi connectivity index (χ1v) is 10.3. The van der Waals surface area contributed by atoms with E-state index in [1.54, 1.807) is 17.5 Å². The van der Waals surface area contributed by atoms with Gasteiger partial charge in [-0.25, -0.2) is 9.97 Å². The Morgan fingerprint density at radius 2 is 1.93 bits per heavy atom. The van der Waals surface area contributed by atoms with Crippen molar-refractivity contribution < 1.29 is 0 Å². The molecule has 0 saturated heterocycles. The van der Waals surface area contributed by atoms with Gasteiger partial charge in [-0.2, -0.15) is 0 Å². The van der Waals surface area contributed by atoms with Crippen LogP contribution in [0.3, 0.4) is 0 Å². The van der Waals surface area contributed by atoms with Crippen LogP contribution in [0.5, 0.6) is 0 Å². The highest BCUT2D eigenvalue weighted by molar-refractivity contribution is 7.14. The number of benzene rings is 2. The molecular formula is C23H19N5S. The molecule has 5 aromatic rings. The molecule has 0 spiro atoms. The molecule has 3 aromatic heterocycles. The van der Waals surface area contributed by atoms with Gasteiger partial charge in [0.05, 0.1) is 16.7 Å². The molecule has 2 aromatic carbocycles. The number of thiazole rings is 1. The number of nitrogens with one attached hydrogen (secondary N) is 2. The molecule has 0 bridgehead atoms. The summed E-state index contributed by atoms with van der Waals surface area (Å²) in [6.07, 6.45) is 4.38. The largest absolute Gasteiger partial charge is 0.342 e. The molecule has 0 atom stereocenters. The van der Waals surface area contributed by atoms with Crippen molar-refractivity contribution in [2.75, 3.05) is 5.32 Å². The molecule has 2 N–H and O–H groups in total. The Hall–Kier alpha value is -3.51. The fraction of sp³-hybridized carbons (Fsp3) is 0.0870. The number of rotatable bonds is 5. The predicted octanol–water partition coefficient (Wildman–Crippen LogP) is 5.72. The van der Waals surface area contributed by atoms with E-state index in [0.717, 1.165) is 50.9 Å². The summed E-state index contributed by atoms with van der Waals surface area (Å²) in [7, 11) is 0. The summed E-state index contributed by atoms with van der Waals surface area (Å²) >= 11 is 1.58. The van der Waals surface area contributed by atoms with E-state index in [4.69, 9.17) is 9.97 Å². The van der Waals surface area contributed by atoms with E-state index in [2.05, 4.69) is 58.6 Å². The van der Waals surface area contributed by atoms with Crippen LogP contribution in [0.1, 0.15) is 17.0 Å². The number of aryl methyl sites for hydroxylation is 1. The van der Waals surface area contributed by atoms with Crippen molar-refractivity contribution in [1.29, 1.82) is 0 Å². The van der Waals surface area contributed by atoms with Crippen molar-refractivity contribution >= 4 is 33.2 Å². The first-order chi connectivity index (χ1) is 14.2. The molecular weight excluding hydrogens is 378 g/mol. The normalized spacial score (nSPS) is 11.1. The molecule has 0 unspecified atom stereocenters. The Morgan fingerprint density at radius 3 is 2.76 bits per heavy atom. The predicted molar refractivity (Wildman–Crippen MR) is 119 cm³/mol. The summed E-state index contributed by atoms with van der Waals surface area (Å²) < 4.78 is 0. The van der Waals surface area contributed by atoms with Crippen molar-refractivity contribution in [3.63, 3.8) is 0 Å². The van der Waals surface area contributed by atoms with Gasteiger partial charge in [0, 0.05) is 35.4 Å². The van der Waals surface area contributed by atoms with E-state index in [-0.39, 0.29) is 0 Å². The zero-order chi connectivity index (χ0) is 19.6. The summed E-state index contributed by atoms with van der Waals surface area (Å²) in [5.41, 5.74) is 7.35. The number of nitrogens with zero attached hydrogens (tertiary/aromatic N) is 3. The third kappa shape index (κ3) is 3.75. The maximum Gasteiger partial charge on any atom is 0.187 e. The number of H-pyrrole nitrogens is 1. The van der Waals surface area contributed by atoms with Crippen LogP contribution in [0.15, 0.2) is 72.4 Å². The number of anilines is 2. The zero-order valence-electron chi connectivity index (χ0n) is 15.9. The fourth-order valence-electron chi connectivity index (χ4n) is 3.32. The highest BCUT2D eigenvalue weighted by Gasteiger charge is 2.10. The lowest BCUT2D eigenvalue weighted by atomic mass is 10.1. The monoisotopic (exact) mass is 397 g/mol. The number of hydrogen-bond donors (Lipinski definition) is 2. The van der Waals surface area contributed by atoms with Gasteiger partial charge in [-0.1, -0.05) is 30.3 Å². The lowest BCUT2D eigenvalue weighted by Crippen LogP contribution is -1.93. The molecule has 5 nitrogen and oxygen atoms in total. The summed E-state index contributed by atoms with van der Waals surface area (Å²) in [6, 6.07) is 18.5. The summed E-state index contributed by atoms with van der Waals surface area (Å²) in [4.78, 5) is 17.1. The van der Waals surface area contributed by atoms with E-state index >= 15 is 0 Å². The minimum atomic E-state index is 0.790. The maximum absolute atomic E-state index is 4.78. The first kappa shape index (κ1) is 17.6. The van der Waals surface area contributed by atoms with E-state index in [1.165, 1.54) is 5.56 Å². The molecule has 6 heteroatoms. The minimum Gasteiger partial charge on any atom is -0.342 e. The van der Waals surface area contributed by atoms with Crippen molar-refractivity contribution in [2.45, 2.75) is 13.3 Å². The number of hydrogen-bond acceptors (Lipinski definition) is 5. The molecule has 0 aliphatic carbocycles. The van der Waals surface area contributed by atoms with Crippen LogP contribution in [0, 0.1) is 6.92 Å². The van der Waals surface area contributed by atoms with Gasteiger partial charge in [-0.15, -0.1) is 11.3 Å². The molecule has 0 fully saturated rings. The molecule has 0 saturated carbocycles. The lowest BCUT2D eigenvalue weighted by molar-refractivity contribution is 1.04. The van der Waals surface area contributed by atoms with E-state index < -0.39 is 0 Å². The first-order valence-electron chi connectivity index (χ1n) is 9.41. The van der Waals surface area contributed by atoms with E-state index in [1.807, 2.05) is 29.8 Å². The minimum absolute atomic E-state index is 0.790. The third-order valence-electron chi connectivity index (χ3n) is 4.79. The van der Waals surface area contributed by atoms with Crippen LogP contribution < -0.4 is 5.32 Å². The average molecular weight is 398 g/mol. The topological polar surface area (TPSA) is 66.5 Å². The smallest absolute Gasteiger partial charge is 0.187 e. The molecule has 0 amide bonds. The number of imidazole rings is 1. The van der Waals surface area contributed by atoms with Gasteiger partial charge >= 0.3 is 0 Å². The van der Waals surface area contributed by atoms with Gasteiger partial charge in [0.2, 0.25) is 0 Å². The lowest BCUT2D eigenvalue weighted by Gasteiger charge is -2.06. The second kappa shape index (κ2) is 7.48. The summed E-state index contributed by atoms with van der Waals surface area (Å²) in [6.45, 7) is 2.09. The molecule has 0 aliphatic heterocycles. The molecule has 5 rings (SSSR count). The third-order valence-corrected chi connectivity index (χ3v) is 5.55. The second-order valence-corrected chi connectivity index (χ2v) is 7.79. The molecule has 3 heterocycles. The van der Waals surface area contributed by atoms with Crippen molar-refractivity contribution in [2.24, 2.45) is 0 Å². The number of aromatic nitrogens is 4. The fourth-order valence-corrected chi connectivity index (χ4v) is 4.05.